The number of hydrogen-bond acceptors (Lipinski definition) is 7. The maximum Gasteiger partial charge on any atom is 0.410 e. The van der Waals surface area contributed by atoms with Crippen molar-refractivity contribution in [3.63, 3.8) is 0 Å². The Morgan fingerprint density at radius 1 is 0.894 bits per heavy atom. The van der Waals surface area contributed by atoms with Crippen molar-refractivity contribution in [1.29, 1.82) is 0 Å². The molecule has 3 saturated heterocycles. The zero-order valence-electron chi connectivity index (χ0n) is 26.9. The fourth-order valence-electron chi connectivity index (χ4n) is 7.29. The van der Waals surface area contributed by atoms with E-state index in [2.05, 4.69) is 22.2 Å². The topological polar surface area (TPSA) is 109 Å². The van der Waals surface area contributed by atoms with Gasteiger partial charge in [0.15, 0.2) is 11.9 Å². The molecule has 0 spiro atoms. The molecule has 1 unspecified atom stereocenters. The van der Waals surface area contributed by atoms with E-state index in [0.717, 1.165) is 56.7 Å². The van der Waals surface area contributed by atoms with E-state index in [1.165, 1.54) is 0 Å². The number of piperazine rings is 1. The number of piperidine rings is 2. The summed E-state index contributed by atoms with van der Waals surface area (Å²) in [5.74, 6) is -0.482. The van der Waals surface area contributed by atoms with Crippen LogP contribution in [0.2, 0.25) is 10.0 Å². The number of carbonyl (C=O) groups excluding carboxylic acids is 3. The first kappa shape index (κ1) is 33.6. The molecule has 6 rings (SSSR count). The Balaban J connectivity index is 1.08. The molecule has 4 aliphatic heterocycles. The Labute approximate surface area is 286 Å². The molecule has 0 bridgehead atoms. The lowest BCUT2D eigenvalue weighted by Crippen LogP contribution is -2.56. The number of ether oxygens (including phenoxy) is 1. The van der Waals surface area contributed by atoms with E-state index in [1.54, 1.807) is 21.9 Å². The molecule has 1 atom stereocenters. The standard InChI is InChI=1S/C34H44Cl2N6O5/c1-38-11-7-25(8-12-38)39-16-18-40(19-17-39)32(44)30(22-23-20-27(35)31(43)28(36)21-23)47-34(46)41-13-9-26(10-14-41)42-15-6-24-4-2-3-5-29(24)37-33(42)45/h2-5,20-21,25-26,30,43H,6-19,22H2,1H3,(H,37,45). The first-order chi connectivity index (χ1) is 22.7. The number of amides is 4. The Morgan fingerprint density at radius 3 is 2.21 bits per heavy atom. The lowest BCUT2D eigenvalue weighted by Gasteiger charge is -2.42. The monoisotopic (exact) mass is 686 g/mol. The van der Waals surface area contributed by atoms with Crippen molar-refractivity contribution in [3.8, 4) is 5.75 Å². The quantitative estimate of drug-likeness (QED) is 0.460. The summed E-state index contributed by atoms with van der Waals surface area (Å²) in [6.45, 7) is 6.26. The minimum Gasteiger partial charge on any atom is -0.505 e. The van der Waals surface area contributed by atoms with Gasteiger partial charge in [-0.1, -0.05) is 41.4 Å². The van der Waals surface area contributed by atoms with Crippen LogP contribution in [0, 0.1) is 0 Å². The highest BCUT2D eigenvalue weighted by Crippen LogP contribution is 2.33. The van der Waals surface area contributed by atoms with Crippen LogP contribution in [-0.2, 0) is 22.4 Å². The molecule has 0 aromatic heterocycles. The zero-order chi connectivity index (χ0) is 33.1. The lowest BCUT2D eigenvalue weighted by atomic mass is 10.0. The number of hydrogen-bond donors (Lipinski definition) is 2. The van der Waals surface area contributed by atoms with Gasteiger partial charge in [0.2, 0.25) is 0 Å². The maximum atomic E-state index is 13.9. The van der Waals surface area contributed by atoms with Gasteiger partial charge >= 0.3 is 12.1 Å². The summed E-state index contributed by atoms with van der Waals surface area (Å²) in [5.41, 5.74) is 2.54. The van der Waals surface area contributed by atoms with Crippen molar-refractivity contribution in [2.45, 2.75) is 56.7 Å². The molecule has 2 N–H and O–H groups in total. The minimum atomic E-state index is -1.08. The number of nitrogens with zero attached hydrogens (tertiary/aromatic N) is 5. The Kier molecular flexibility index (Phi) is 10.7. The highest BCUT2D eigenvalue weighted by atomic mass is 35.5. The first-order valence-electron chi connectivity index (χ1n) is 16.7. The van der Waals surface area contributed by atoms with Crippen molar-refractivity contribution in [1.82, 2.24) is 24.5 Å². The minimum absolute atomic E-state index is 0.00655. The second-order valence-corrected chi connectivity index (χ2v) is 13.9. The van der Waals surface area contributed by atoms with E-state index in [-0.39, 0.29) is 40.2 Å². The number of urea groups is 1. The molecule has 4 heterocycles. The van der Waals surface area contributed by atoms with Crippen LogP contribution in [0.15, 0.2) is 36.4 Å². The highest BCUT2D eigenvalue weighted by molar-refractivity contribution is 6.37. The maximum absolute atomic E-state index is 13.9. The number of para-hydroxylation sites is 1. The first-order valence-corrected chi connectivity index (χ1v) is 17.4. The lowest BCUT2D eigenvalue weighted by molar-refractivity contribution is -0.143. The number of aromatic hydroxyl groups is 1. The van der Waals surface area contributed by atoms with Gasteiger partial charge in [-0.15, -0.1) is 0 Å². The molecule has 0 radical (unpaired) electrons. The van der Waals surface area contributed by atoms with Crippen LogP contribution >= 0.6 is 23.2 Å². The van der Waals surface area contributed by atoms with Crippen LogP contribution in [0.5, 0.6) is 5.75 Å². The third-order valence-corrected chi connectivity index (χ3v) is 10.7. The Hall–Kier alpha value is -3.25. The van der Waals surface area contributed by atoms with Gasteiger partial charge in [-0.3, -0.25) is 9.69 Å². The summed E-state index contributed by atoms with van der Waals surface area (Å²) in [4.78, 5) is 50.7. The molecule has 4 amide bonds. The fraction of sp³-hybridized carbons (Fsp3) is 0.559. The third-order valence-electron chi connectivity index (χ3n) is 10.2. The number of benzene rings is 2. The van der Waals surface area contributed by atoms with Gasteiger partial charge in [-0.05, 0) is 81.6 Å². The summed E-state index contributed by atoms with van der Waals surface area (Å²) >= 11 is 12.4. The van der Waals surface area contributed by atoms with Crippen molar-refractivity contribution in [2.24, 2.45) is 0 Å². The van der Waals surface area contributed by atoms with Gasteiger partial charge < -0.3 is 34.8 Å². The van der Waals surface area contributed by atoms with Gasteiger partial charge in [-0.25, -0.2) is 9.59 Å². The van der Waals surface area contributed by atoms with E-state index < -0.39 is 12.2 Å². The molecule has 11 nitrogen and oxygen atoms in total. The number of phenolic OH excluding ortho intramolecular Hbond substituents is 1. The summed E-state index contributed by atoms with van der Waals surface area (Å²) in [6, 6.07) is 11.3. The second kappa shape index (κ2) is 14.9. The van der Waals surface area contributed by atoms with E-state index in [0.29, 0.717) is 57.2 Å². The Bertz CT molecular complexity index is 1430. The molecule has 254 valence electrons. The van der Waals surface area contributed by atoms with Crippen LogP contribution in [0.1, 0.15) is 36.8 Å². The van der Waals surface area contributed by atoms with Gasteiger partial charge in [0, 0.05) is 70.0 Å². The van der Waals surface area contributed by atoms with E-state index >= 15 is 0 Å². The predicted molar refractivity (Wildman–Crippen MR) is 181 cm³/mol. The van der Waals surface area contributed by atoms with E-state index in [4.69, 9.17) is 27.9 Å². The van der Waals surface area contributed by atoms with Crippen LogP contribution in [-0.4, -0.2) is 132 Å². The summed E-state index contributed by atoms with van der Waals surface area (Å²) < 4.78 is 5.97. The van der Waals surface area contributed by atoms with E-state index in [9.17, 15) is 19.5 Å². The number of rotatable bonds is 6. The molecule has 13 heteroatoms. The summed E-state index contributed by atoms with van der Waals surface area (Å²) in [6.07, 6.45) is 2.67. The van der Waals surface area contributed by atoms with Crippen molar-refractivity contribution >= 4 is 46.9 Å². The largest absolute Gasteiger partial charge is 0.505 e. The smallest absolute Gasteiger partial charge is 0.410 e. The number of phenols is 1. The number of likely N-dealkylation sites (tertiary alicyclic amines) is 2. The van der Waals surface area contributed by atoms with Crippen LogP contribution < -0.4 is 5.32 Å². The number of carbonyl (C=O) groups is 3. The molecule has 2 aromatic rings. The summed E-state index contributed by atoms with van der Waals surface area (Å²) in [5, 5.41) is 13.2. The van der Waals surface area contributed by atoms with Gasteiger partial charge in [0.25, 0.3) is 5.91 Å². The number of anilines is 1. The van der Waals surface area contributed by atoms with Crippen molar-refractivity contribution < 1.29 is 24.2 Å². The zero-order valence-corrected chi connectivity index (χ0v) is 28.4. The average Bonchev–Trinajstić information content (AvgIpc) is 3.25. The van der Waals surface area contributed by atoms with Crippen molar-refractivity contribution in [3.05, 3.63) is 57.6 Å². The number of nitrogens with one attached hydrogen (secondary N) is 1. The van der Waals surface area contributed by atoms with Gasteiger partial charge in [0.1, 0.15) is 0 Å². The molecule has 0 saturated carbocycles. The van der Waals surface area contributed by atoms with E-state index in [1.807, 2.05) is 29.2 Å². The number of fused-ring (bicyclic) bond motifs is 1. The van der Waals surface area contributed by atoms with Crippen LogP contribution in [0.3, 0.4) is 0 Å². The van der Waals surface area contributed by atoms with Crippen molar-refractivity contribution in [2.75, 3.05) is 71.3 Å². The van der Waals surface area contributed by atoms with Gasteiger partial charge in [0.05, 0.1) is 10.0 Å². The molecule has 47 heavy (non-hydrogen) atoms. The third kappa shape index (κ3) is 7.91. The van der Waals surface area contributed by atoms with Crippen LogP contribution in [0.4, 0.5) is 15.3 Å². The predicted octanol–water partition coefficient (Wildman–Crippen LogP) is 4.54. The van der Waals surface area contributed by atoms with Gasteiger partial charge in [-0.2, -0.15) is 0 Å². The normalized spacial score (nSPS) is 21.2. The van der Waals surface area contributed by atoms with Crippen LogP contribution in [0.25, 0.3) is 0 Å². The second-order valence-electron chi connectivity index (χ2n) is 13.1. The molecular weight excluding hydrogens is 643 g/mol. The number of halogens is 2. The molecule has 0 aliphatic carbocycles. The molecule has 3 fully saturated rings. The molecular formula is C34H44Cl2N6O5. The fourth-order valence-corrected chi connectivity index (χ4v) is 7.83. The molecule has 4 aliphatic rings. The Morgan fingerprint density at radius 2 is 1.53 bits per heavy atom. The average molecular weight is 688 g/mol. The SMILES string of the molecule is CN1CCC(N2CCN(C(=O)C(Cc3cc(Cl)c(O)c(Cl)c3)OC(=O)N3CCC(N4CCc5ccccc5NC4=O)CC3)CC2)CC1. The summed E-state index contributed by atoms with van der Waals surface area (Å²) in [7, 11) is 2.15. The highest BCUT2D eigenvalue weighted by Gasteiger charge is 2.36. The molecule has 2 aromatic carbocycles.